The van der Waals surface area contributed by atoms with Crippen molar-refractivity contribution in [3.8, 4) is 0 Å². The fraction of sp³-hybridized carbons (Fsp3) is 0.743. The first-order valence-corrected chi connectivity index (χ1v) is 16.5. The molecule has 3 rings (SSSR count). The van der Waals surface area contributed by atoms with E-state index in [1.54, 1.807) is 0 Å². The number of carbonyl (C=O) groups is 3. The molecule has 3 aliphatic rings. The van der Waals surface area contributed by atoms with Crippen LogP contribution in [0.15, 0.2) is 38.0 Å². The van der Waals surface area contributed by atoms with E-state index in [0.29, 0.717) is 37.6 Å². The van der Waals surface area contributed by atoms with Crippen LogP contribution in [0.5, 0.6) is 0 Å². The van der Waals surface area contributed by atoms with E-state index in [0.717, 1.165) is 77.0 Å². The third kappa shape index (κ3) is 11.1. The molecule has 0 bridgehead atoms. The van der Waals surface area contributed by atoms with E-state index in [-0.39, 0.29) is 43.5 Å². The van der Waals surface area contributed by atoms with Crippen LogP contribution in [0.3, 0.4) is 0 Å². The lowest BCUT2D eigenvalue weighted by Crippen LogP contribution is -2.47. The number of hydrogen-bond acceptors (Lipinski definition) is 9. The first-order valence-electron chi connectivity index (χ1n) is 16.5. The zero-order chi connectivity index (χ0) is 31.8. The zero-order valence-corrected chi connectivity index (χ0v) is 26.7. The van der Waals surface area contributed by atoms with E-state index in [4.69, 9.17) is 28.4 Å². The van der Waals surface area contributed by atoms with Crippen LogP contribution in [0.1, 0.15) is 84.0 Å². The summed E-state index contributed by atoms with van der Waals surface area (Å²) in [7, 11) is 0. The second-order valence-electron chi connectivity index (χ2n) is 12.5. The zero-order valence-electron chi connectivity index (χ0n) is 26.7. The Kier molecular flexibility index (Phi) is 15.6. The molecule has 0 aromatic heterocycles. The highest BCUT2D eigenvalue weighted by Gasteiger charge is 2.49. The Hall–Kier alpha value is -2.49. The van der Waals surface area contributed by atoms with Crippen LogP contribution < -0.4 is 0 Å². The normalized spacial score (nSPS) is 28.6. The largest absolute Gasteiger partial charge is 0.460 e. The summed E-state index contributed by atoms with van der Waals surface area (Å²) >= 11 is 0. The van der Waals surface area contributed by atoms with Gasteiger partial charge in [0.1, 0.15) is 19.8 Å². The van der Waals surface area contributed by atoms with Gasteiger partial charge >= 0.3 is 17.9 Å². The van der Waals surface area contributed by atoms with Crippen LogP contribution in [0, 0.1) is 23.2 Å². The van der Waals surface area contributed by atoms with Gasteiger partial charge in [-0.1, -0.05) is 26.7 Å². The number of carbonyl (C=O) groups excluding carboxylic acids is 3. The molecule has 0 N–H and O–H groups in total. The Morgan fingerprint density at radius 3 is 0.977 bits per heavy atom. The number of esters is 3. The summed E-state index contributed by atoms with van der Waals surface area (Å²) < 4.78 is 33.4. The first-order chi connectivity index (χ1) is 21.3. The van der Waals surface area contributed by atoms with Crippen LogP contribution >= 0.6 is 0 Å². The molecule has 9 nitrogen and oxygen atoms in total. The smallest absolute Gasteiger partial charge is 0.330 e. The molecule has 0 saturated heterocycles. The van der Waals surface area contributed by atoms with Crippen molar-refractivity contribution < 1.29 is 42.8 Å². The van der Waals surface area contributed by atoms with Gasteiger partial charge in [-0.15, -0.1) is 0 Å². The molecule has 9 heteroatoms. The molecule has 0 heterocycles. The van der Waals surface area contributed by atoms with Crippen molar-refractivity contribution in [3.05, 3.63) is 38.0 Å². The minimum Gasteiger partial charge on any atom is -0.460 e. The van der Waals surface area contributed by atoms with Crippen LogP contribution in [0.2, 0.25) is 0 Å². The Balaban J connectivity index is 1.54. The molecule has 0 unspecified atom stereocenters. The maximum absolute atomic E-state index is 11.3. The molecule has 3 aliphatic carbocycles. The second kappa shape index (κ2) is 19.1. The van der Waals surface area contributed by atoms with E-state index in [1.165, 1.54) is 18.2 Å². The fourth-order valence-corrected chi connectivity index (χ4v) is 7.80. The van der Waals surface area contributed by atoms with E-state index in [2.05, 4.69) is 26.7 Å². The van der Waals surface area contributed by atoms with Gasteiger partial charge in [0.2, 0.25) is 0 Å². The van der Waals surface area contributed by atoms with Gasteiger partial charge in [-0.2, -0.15) is 0 Å². The number of rotatable bonds is 18. The van der Waals surface area contributed by atoms with E-state index >= 15 is 0 Å². The molecule has 0 radical (unpaired) electrons. The first kappa shape index (κ1) is 36.0. The summed E-state index contributed by atoms with van der Waals surface area (Å²) in [6.45, 7) is 14.9. The molecule has 0 spiro atoms. The monoisotopic (exact) mass is 618 g/mol. The second-order valence-corrected chi connectivity index (χ2v) is 12.5. The number of hydrogen-bond donors (Lipinski definition) is 0. The van der Waals surface area contributed by atoms with Gasteiger partial charge in [-0.3, -0.25) is 0 Å². The van der Waals surface area contributed by atoms with Crippen molar-refractivity contribution in [2.45, 2.75) is 102 Å². The molecule has 3 saturated carbocycles. The van der Waals surface area contributed by atoms with Crippen LogP contribution in [-0.2, 0) is 42.8 Å². The van der Waals surface area contributed by atoms with Crippen LogP contribution in [0.25, 0.3) is 0 Å². The molecule has 0 amide bonds. The Morgan fingerprint density at radius 2 is 0.750 bits per heavy atom. The maximum Gasteiger partial charge on any atom is 0.330 e. The third-order valence-corrected chi connectivity index (χ3v) is 10.2. The predicted molar refractivity (Wildman–Crippen MR) is 167 cm³/mol. The summed E-state index contributed by atoms with van der Waals surface area (Å²) in [4.78, 5) is 33.9. The van der Waals surface area contributed by atoms with Gasteiger partial charge in [0.05, 0.1) is 38.1 Å². The molecule has 0 atom stereocenters. The van der Waals surface area contributed by atoms with Gasteiger partial charge < -0.3 is 28.4 Å². The highest BCUT2D eigenvalue weighted by atomic mass is 16.6. The Bertz CT molecular complexity index is 806. The molecular weight excluding hydrogens is 564 g/mol. The maximum atomic E-state index is 11.3. The predicted octanol–water partition coefficient (Wildman–Crippen LogP) is 5.91. The SMILES string of the molecule is C=CC(=O)OCCOC1CCC(C(C)(C2CCC(OCCOC(=O)C=C)CC2)C2CCC(OCCOC(=O)C=C)CC2)CC1. The lowest BCUT2D eigenvalue weighted by molar-refractivity contribution is -0.141. The van der Waals surface area contributed by atoms with Crippen LogP contribution in [-0.4, -0.2) is 75.9 Å². The molecular formula is C35H54O9. The number of ether oxygens (including phenoxy) is 6. The lowest BCUT2D eigenvalue weighted by atomic mass is 9.52. The van der Waals surface area contributed by atoms with Gasteiger partial charge in [0.25, 0.3) is 0 Å². The average molecular weight is 619 g/mol. The Morgan fingerprint density at radius 1 is 0.500 bits per heavy atom. The van der Waals surface area contributed by atoms with Crippen molar-refractivity contribution in [2.24, 2.45) is 23.2 Å². The molecule has 0 aliphatic heterocycles. The van der Waals surface area contributed by atoms with Gasteiger partial charge in [-0.05, 0) is 100 Å². The summed E-state index contributed by atoms with van der Waals surface area (Å²) in [5.41, 5.74) is 0.222. The third-order valence-electron chi connectivity index (χ3n) is 10.2. The summed E-state index contributed by atoms with van der Waals surface area (Å²) in [5, 5.41) is 0. The molecule has 0 aromatic rings. The summed E-state index contributed by atoms with van der Waals surface area (Å²) in [6, 6.07) is 0. The van der Waals surface area contributed by atoms with E-state index in [9.17, 15) is 14.4 Å². The van der Waals surface area contributed by atoms with E-state index in [1.807, 2.05) is 0 Å². The highest BCUT2D eigenvalue weighted by Crippen LogP contribution is 2.56. The van der Waals surface area contributed by atoms with Gasteiger partial charge in [0.15, 0.2) is 0 Å². The van der Waals surface area contributed by atoms with Crippen LogP contribution in [0.4, 0.5) is 0 Å². The summed E-state index contributed by atoms with van der Waals surface area (Å²) in [5.74, 6) is 0.634. The molecule has 44 heavy (non-hydrogen) atoms. The van der Waals surface area contributed by atoms with E-state index < -0.39 is 17.9 Å². The lowest BCUT2D eigenvalue weighted by Gasteiger charge is -2.54. The van der Waals surface area contributed by atoms with Crippen molar-refractivity contribution in [1.29, 1.82) is 0 Å². The topological polar surface area (TPSA) is 107 Å². The highest BCUT2D eigenvalue weighted by molar-refractivity contribution is 5.81. The quantitative estimate of drug-likeness (QED) is 0.0802. The molecule has 0 aromatic carbocycles. The minimum absolute atomic E-state index is 0.205. The van der Waals surface area contributed by atoms with Gasteiger partial charge in [-0.25, -0.2) is 14.4 Å². The van der Waals surface area contributed by atoms with Crippen molar-refractivity contribution in [1.82, 2.24) is 0 Å². The molecule has 248 valence electrons. The summed E-state index contributed by atoms with van der Waals surface area (Å²) in [6.07, 6.45) is 17.2. The van der Waals surface area contributed by atoms with Crippen molar-refractivity contribution in [2.75, 3.05) is 39.6 Å². The van der Waals surface area contributed by atoms with Crippen molar-refractivity contribution in [3.63, 3.8) is 0 Å². The van der Waals surface area contributed by atoms with Crippen molar-refractivity contribution >= 4 is 17.9 Å². The standard InChI is InChI=1S/C35H54O9/c1-5-32(36)42-23-20-39-29-14-8-26(9-15-29)35(4,27-10-16-30(17-11-27)40-21-24-43-33(37)6-2)28-12-18-31(19-13-28)41-22-25-44-34(38)7-3/h5-7,26-31H,1-3,8-25H2,4H3. The van der Waals surface area contributed by atoms with Gasteiger partial charge in [0, 0.05) is 18.2 Å². The Labute approximate surface area is 263 Å². The molecule has 3 fully saturated rings. The average Bonchev–Trinajstić information content (AvgIpc) is 3.07. The minimum atomic E-state index is -0.416. The fourth-order valence-electron chi connectivity index (χ4n) is 7.80.